The molecule has 15 heavy (non-hydrogen) atoms. The van der Waals surface area contributed by atoms with Gasteiger partial charge in [-0.15, -0.1) is 6.58 Å². The third-order valence-corrected chi connectivity index (χ3v) is 2.30. The summed E-state index contributed by atoms with van der Waals surface area (Å²) in [5, 5.41) is 0. The van der Waals surface area contributed by atoms with E-state index in [9.17, 15) is 4.79 Å². The molecule has 0 fully saturated rings. The van der Waals surface area contributed by atoms with Crippen molar-refractivity contribution in [2.45, 2.75) is 52.1 Å². The van der Waals surface area contributed by atoms with E-state index in [1.54, 1.807) is 11.0 Å². The summed E-state index contributed by atoms with van der Waals surface area (Å²) in [6.45, 7) is 12.3. The van der Waals surface area contributed by atoms with Gasteiger partial charge in [-0.05, 0) is 27.2 Å². The van der Waals surface area contributed by atoms with Crippen LogP contribution in [0.25, 0.3) is 0 Å². The van der Waals surface area contributed by atoms with Crippen LogP contribution in [-0.4, -0.2) is 28.9 Å². The number of nitrogens with zero attached hydrogens (tertiary/aromatic N) is 1. The van der Waals surface area contributed by atoms with Crippen molar-refractivity contribution in [2.75, 3.05) is 6.54 Å². The normalized spacial score (nSPS) is 13.4. The van der Waals surface area contributed by atoms with Crippen molar-refractivity contribution in [1.82, 2.24) is 4.90 Å². The van der Waals surface area contributed by atoms with Gasteiger partial charge >= 0.3 is 0 Å². The van der Waals surface area contributed by atoms with Crippen molar-refractivity contribution in [3.63, 3.8) is 0 Å². The van der Waals surface area contributed by atoms with Gasteiger partial charge in [0.2, 0.25) is 5.91 Å². The molecule has 1 amide bonds. The fourth-order valence-corrected chi connectivity index (χ4v) is 1.46. The summed E-state index contributed by atoms with van der Waals surface area (Å²) in [4.78, 5) is 13.8. The van der Waals surface area contributed by atoms with Gasteiger partial charge < -0.3 is 10.6 Å². The van der Waals surface area contributed by atoms with Crippen LogP contribution in [0.15, 0.2) is 12.7 Å². The van der Waals surface area contributed by atoms with Gasteiger partial charge in [0, 0.05) is 12.1 Å². The quantitative estimate of drug-likeness (QED) is 0.708. The molecule has 88 valence electrons. The predicted octanol–water partition coefficient (Wildman–Crippen LogP) is 1.93. The van der Waals surface area contributed by atoms with E-state index in [1.165, 1.54) is 0 Å². The summed E-state index contributed by atoms with van der Waals surface area (Å²) >= 11 is 0. The van der Waals surface area contributed by atoms with E-state index in [2.05, 4.69) is 6.58 Å². The number of amides is 1. The third kappa shape index (κ3) is 4.47. The second-order valence-electron chi connectivity index (χ2n) is 4.80. The highest BCUT2D eigenvalue weighted by Crippen LogP contribution is 2.15. The third-order valence-electron chi connectivity index (χ3n) is 2.30. The van der Waals surface area contributed by atoms with Crippen LogP contribution in [-0.2, 0) is 4.79 Å². The van der Waals surface area contributed by atoms with Crippen molar-refractivity contribution >= 4 is 5.91 Å². The van der Waals surface area contributed by atoms with E-state index in [0.717, 1.165) is 12.8 Å². The van der Waals surface area contributed by atoms with Gasteiger partial charge in [-0.25, -0.2) is 0 Å². The second-order valence-corrected chi connectivity index (χ2v) is 4.80. The number of carbonyl (C=O) groups is 1. The van der Waals surface area contributed by atoms with Crippen LogP contribution in [0.1, 0.15) is 40.5 Å². The Morgan fingerprint density at radius 2 is 2.07 bits per heavy atom. The highest BCUT2D eigenvalue weighted by Gasteiger charge is 2.28. The van der Waals surface area contributed by atoms with Crippen LogP contribution in [0.2, 0.25) is 0 Å². The molecule has 0 heterocycles. The summed E-state index contributed by atoms with van der Waals surface area (Å²) in [6.07, 6.45) is 3.41. The Labute approximate surface area is 93.3 Å². The lowest BCUT2D eigenvalue weighted by molar-refractivity contribution is -0.136. The van der Waals surface area contributed by atoms with Gasteiger partial charge in [0.15, 0.2) is 0 Å². The lowest BCUT2D eigenvalue weighted by Crippen LogP contribution is -2.52. The molecule has 3 heteroatoms. The van der Waals surface area contributed by atoms with Gasteiger partial charge in [-0.3, -0.25) is 4.79 Å². The minimum atomic E-state index is -0.380. The zero-order valence-electron chi connectivity index (χ0n) is 10.4. The molecule has 0 aliphatic heterocycles. The number of carbonyl (C=O) groups excluding carboxylic acids is 1. The van der Waals surface area contributed by atoms with Crippen molar-refractivity contribution in [2.24, 2.45) is 5.73 Å². The first kappa shape index (κ1) is 14.2. The van der Waals surface area contributed by atoms with Crippen molar-refractivity contribution < 1.29 is 4.79 Å². The van der Waals surface area contributed by atoms with Gasteiger partial charge in [0.25, 0.3) is 0 Å². The van der Waals surface area contributed by atoms with Crippen LogP contribution in [0.3, 0.4) is 0 Å². The minimum absolute atomic E-state index is 0.0178. The molecule has 0 rings (SSSR count). The molecule has 0 bridgehead atoms. The Kier molecular flexibility index (Phi) is 5.58. The van der Waals surface area contributed by atoms with E-state index in [1.807, 2.05) is 27.7 Å². The fourth-order valence-electron chi connectivity index (χ4n) is 1.46. The number of nitrogens with two attached hydrogens (primary N) is 1. The topological polar surface area (TPSA) is 46.3 Å². The highest BCUT2D eigenvalue weighted by atomic mass is 16.2. The average molecular weight is 212 g/mol. The number of hydrogen-bond acceptors (Lipinski definition) is 2. The van der Waals surface area contributed by atoms with E-state index in [4.69, 9.17) is 5.73 Å². The second kappa shape index (κ2) is 5.91. The molecule has 0 aromatic carbocycles. The molecular weight excluding hydrogens is 188 g/mol. The van der Waals surface area contributed by atoms with E-state index in [-0.39, 0.29) is 17.5 Å². The standard InChI is InChI=1S/C12H24N2O/c1-6-8-10(13)11(15)14(9-7-2)12(3,4)5/h7,10H,2,6,8-9,13H2,1,3-5H3. The first-order valence-corrected chi connectivity index (χ1v) is 5.52. The lowest BCUT2D eigenvalue weighted by Gasteiger charge is -2.36. The molecule has 0 aliphatic carbocycles. The van der Waals surface area contributed by atoms with Crippen molar-refractivity contribution in [1.29, 1.82) is 0 Å². The summed E-state index contributed by atoms with van der Waals surface area (Å²) in [7, 11) is 0. The molecule has 1 atom stereocenters. The Bertz CT molecular complexity index is 218. The van der Waals surface area contributed by atoms with Crippen molar-refractivity contribution in [3.05, 3.63) is 12.7 Å². The fraction of sp³-hybridized carbons (Fsp3) is 0.750. The molecule has 0 aliphatic rings. The zero-order valence-corrected chi connectivity index (χ0v) is 10.4. The number of rotatable bonds is 5. The SMILES string of the molecule is C=CCN(C(=O)C(N)CCC)C(C)(C)C. The van der Waals surface area contributed by atoms with Gasteiger partial charge in [0.1, 0.15) is 0 Å². The van der Waals surface area contributed by atoms with Gasteiger partial charge in [-0.2, -0.15) is 0 Å². The molecule has 2 N–H and O–H groups in total. The molecule has 0 saturated heterocycles. The van der Waals surface area contributed by atoms with Gasteiger partial charge in [0.05, 0.1) is 6.04 Å². The molecule has 1 unspecified atom stereocenters. The Hall–Kier alpha value is -0.830. The first-order chi connectivity index (χ1) is 6.84. The van der Waals surface area contributed by atoms with Gasteiger partial charge in [-0.1, -0.05) is 19.4 Å². The van der Waals surface area contributed by atoms with E-state index < -0.39 is 0 Å². The molecule has 0 saturated carbocycles. The smallest absolute Gasteiger partial charge is 0.240 e. The molecule has 0 radical (unpaired) electrons. The largest absolute Gasteiger partial charge is 0.333 e. The highest BCUT2D eigenvalue weighted by molar-refractivity contribution is 5.82. The molecular formula is C12H24N2O. The maximum absolute atomic E-state index is 12.0. The maximum Gasteiger partial charge on any atom is 0.240 e. The number of hydrogen-bond donors (Lipinski definition) is 1. The molecule has 0 spiro atoms. The maximum atomic E-state index is 12.0. The molecule has 0 aromatic rings. The summed E-state index contributed by atoms with van der Waals surface area (Å²) in [5.41, 5.74) is 5.63. The zero-order chi connectivity index (χ0) is 12.1. The monoisotopic (exact) mass is 212 g/mol. The minimum Gasteiger partial charge on any atom is -0.333 e. The van der Waals surface area contributed by atoms with Crippen LogP contribution in [0, 0.1) is 0 Å². The first-order valence-electron chi connectivity index (χ1n) is 5.52. The van der Waals surface area contributed by atoms with E-state index >= 15 is 0 Å². The Morgan fingerprint density at radius 1 is 1.53 bits per heavy atom. The lowest BCUT2D eigenvalue weighted by atomic mass is 10.0. The summed E-state index contributed by atoms with van der Waals surface area (Å²) < 4.78 is 0. The molecule has 0 aromatic heterocycles. The van der Waals surface area contributed by atoms with E-state index in [0.29, 0.717) is 6.54 Å². The predicted molar refractivity (Wildman–Crippen MR) is 64.5 cm³/mol. The van der Waals surface area contributed by atoms with Crippen molar-refractivity contribution in [3.8, 4) is 0 Å². The summed E-state index contributed by atoms with van der Waals surface area (Å²) in [5.74, 6) is 0.0178. The average Bonchev–Trinajstić information content (AvgIpc) is 2.11. The van der Waals surface area contributed by atoms with Crippen LogP contribution >= 0.6 is 0 Å². The summed E-state index contributed by atoms with van der Waals surface area (Å²) in [6, 6.07) is -0.380. The van der Waals surface area contributed by atoms with Crippen LogP contribution in [0.5, 0.6) is 0 Å². The Morgan fingerprint density at radius 3 is 2.40 bits per heavy atom. The van der Waals surface area contributed by atoms with Crippen LogP contribution in [0.4, 0.5) is 0 Å². The molecule has 3 nitrogen and oxygen atoms in total. The van der Waals surface area contributed by atoms with Crippen LogP contribution < -0.4 is 5.73 Å². The Balaban J connectivity index is 4.62.